The van der Waals surface area contributed by atoms with E-state index in [0.29, 0.717) is 24.9 Å². The van der Waals surface area contributed by atoms with Crippen molar-refractivity contribution in [2.24, 2.45) is 17.0 Å². The van der Waals surface area contributed by atoms with Crippen molar-refractivity contribution >= 4 is 15.9 Å². The van der Waals surface area contributed by atoms with Crippen LogP contribution in [0.4, 0.5) is 4.39 Å². The van der Waals surface area contributed by atoms with E-state index in [1.165, 1.54) is 0 Å². The molecule has 0 bridgehead atoms. The van der Waals surface area contributed by atoms with E-state index in [1.807, 2.05) is 13.8 Å². The average Bonchev–Trinajstić information content (AvgIpc) is 2.67. The number of sulfonamides is 1. The molecule has 1 amide bonds. The van der Waals surface area contributed by atoms with Crippen molar-refractivity contribution in [1.82, 2.24) is 4.90 Å². The van der Waals surface area contributed by atoms with Gasteiger partial charge in [0, 0.05) is 18.7 Å². The highest BCUT2D eigenvalue weighted by Gasteiger charge is 2.30. The van der Waals surface area contributed by atoms with Gasteiger partial charge in [0.25, 0.3) is 5.91 Å². The summed E-state index contributed by atoms with van der Waals surface area (Å²) in [7, 11) is -4.04. The first-order valence-corrected chi connectivity index (χ1v) is 7.86. The second kappa shape index (κ2) is 5.14. The standard InChI is InChI=1S/C13H17FN2O3S/c1-8-6-16(7-9(8)2)13(17)10-3-11(14)5-12(4-10)20(15,18)19/h3-5,8-9H,6-7H2,1-2H3,(H2,15,18,19). The van der Waals surface area contributed by atoms with E-state index in [-0.39, 0.29) is 16.4 Å². The second-order valence-corrected chi connectivity index (χ2v) is 6.95. The van der Waals surface area contributed by atoms with E-state index in [0.717, 1.165) is 18.2 Å². The van der Waals surface area contributed by atoms with Crippen molar-refractivity contribution in [3.63, 3.8) is 0 Å². The van der Waals surface area contributed by atoms with Crippen molar-refractivity contribution < 1.29 is 17.6 Å². The molecule has 2 N–H and O–H groups in total. The van der Waals surface area contributed by atoms with Gasteiger partial charge in [0.2, 0.25) is 10.0 Å². The number of hydrogen-bond acceptors (Lipinski definition) is 3. The summed E-state index contributed by atoms with van der Waals surface area (Å²) in [5.74, 6) is -0.429. The largest absolute Gasteiger partial charge is 0.338 e. The van der Waals surface area contributed by atoms with Crippen LogP contribution in [0.25, 0.3) is 0 Å². The van der Waals surface area contributed by atoms with Crippen molar-refractivity contribution in [2.75, 3.05) is 13.1 Å². The summed E-state index contributed by atoms with van der Waals surface area (Å²) >= 11 is 0. The third-order valence-corrected chi connectivity index (χ3v) is 4.61. The number of halogens is 1. The van der Waals surface area contributed by atoms with E-state index in [2.05, 4.69) is 0 Å². The third kappa shape index (κ3) is 2.99. The maximum atomic E-state index is 13.5. The van der Waals surface area contributed by atoms with E-state index in [1.54, 1.807) is 4.90 Å². The molecule has 1 aromatic rings. The predicted octanol–water partition coefficient (Wildman–Crippen LogP) is 1.20. The van der Waals surface area contributed by atoms with Crippen LogP contribution in [-0.4, -0.2) is 32.3 Å². The number of nitrogens with zero attached hydrogens (tertiary/aromatic N) is 1. The molecule has 1 aliphatic heterocycles. The molecule has 2 unspecified atom stereocenters. The summed E-state index contributed by atoms with van der Waals surface area (Å²) < 4.78 is 36.0. The van der Waals surface area contributed by atoms with Gasteiger partial charge < -0.3 is 4.90 Å². The Balaban J connectivity index is 2.34. The van der Waals surface area contributed by atoms with Crippen LogP contribution in [0, 0.1) is 17.7 Å². The molecule has 0 aliphatic carbocycles. The molecular weight excluding hydrogens is 283 g/mol. The molecule has 0 aromatic heterocycles. The van der Waals surface area contributed by atoms with Crippen LogP contribution in [0.3, 0.4) is 0 Å². The Bertz CT molecular complexity index is 635. The van der Waals surface area contributed by atoms with Gasteiger partial charge in [-0.15, -0.1) is 0 Å². The van der Waals surface area contributed by atoms with E-state index in [9.17, 15) is 17.6 Å². The number of benzene rings is 1. The van der Waals surface area contributed by atoms with Crippen molar-refractivity contribution in [1.29, 1.82) is 0 Å². The quantitative estimate of drug-likeness (QED) is 0.891. The van der Waals surface area contributed by atoms with E-state index >= 15 is 0 Å². The monoisotopic (exact) mass is 300 g/mol. The van der Waals surface area contributed by atoms with Crippen molar-refractivity contribution in [3.05, 3.63) is 29.6 Å². The molecule has 1 saturated heterocycles. The fourth-order valence-corrected chi connectivity index (χ4v) is 2.90. The molecule has 110 valence electrons. The van der Waals surface area contributed by atoms with Gasteiger partial charge in [-0.2, -0.15) is 0 Å². The number of carbonyl (C=O) groups excluding carboxylic acids is 1. The topological polar surface area (TPSA) is 80.5 Å². The number of hydrogen-bond donors (Lipinski definition) is 1. The highest BCUT2D eigenvalue weighted by molar-refractivity contribution is 7.89. The Labute approximate surface area is 117 Å². The number of amides is 1. The molecule has 2 atom stereocenters. The molecule has 1 fully saturated rings. The molecule has 1 aliphatic rings. The zero-order valence-corrected chi connectivity index (χ0v) is 12.2. The number of primary sulfonamides is 1. The van der Waals surface area contributed by atoms with Gasteiger partial charge in [-0.3, -0.25) is 4.79 Å². The first kappa shape index (κ1) is 14.9. The highest BCUT2D eigenvalue weighted by atomic mass is 32.2. The number of nitrogens with two attached hydrogens (primary N) is 1. The summed E-state index contributed by atoms with van der Waals surface area (Å²) in [5.41, 5.74) is 0.00956. The molecule has 0 radical (unpaired) electrons. The zero-order chi connectivity index (χ0) is 15.1. The molecule has 7 heteroatoms. The van der Waals surface area contributed by atoms with Crippen LogP contribution in [0.1, 0.15) is 24.2 Å². The Morgan fingerprint density at radius 3 is 2.30 bits per heavy atom. The van der Waals surface area contributed by atoms with E-state index in [4.69, 9.17) is 5.14 Å². The zero-order valence-electron chi connectivity index (χ0n) is 11.3. The van der Waals surface area contributed by atoms with Crippen LogP contribution >= 0.6 is 0 Å². The van der Waals surface area contributed by atoms with Gasteiger partial charge in [-0.25, -0.2) is 17.9 Å². The highest BCUT2D eigenvalue weighted by Crippen LogP contribution is 2.24. The van der Waals surface area contributed by atoms with Crippen LogP contribution < -0.4 is 5.14 Å². The molecule has 2 rings (SSSR count). The summed E-state index contributed by atoms with van der Waals surface area (Å²) in [6.07, 6.45) is 0. The maximum absolute atomic E-state index is 13.5. The normalized spacial score (nSPS) is 23.1. The molecule has 0 spiro atoms. The Kier molecular flexibility index (Phi) is 3.84. The summed E-state index contributed by atoms with van der Waals surface area (Å²) in [6, 6.07) is 2.96. The lowest BCUT2D eigenvalue weighted by Gasteiger charge is -2.16. The fraction of sp³-hybridized carbons (Fsp3) is 0.462. The Hall–Kier alpha value is -1.47. The van der Waals surface area contributed by atoms with Gasteiger partial charge in [0.1, 0.15) is 5.82 Å². The lowest BCUT2D eigenvalue weighted by Crippen LogP contribution is -2.29. The Morgan fingerprint density at radius 1 is 1.25 bits per heavy atom. The van der Waals surface area contributed by atoms with Gasteiger partial charge in [-0.1, -0.05) is 13.8 Å². The fourth-order valence-electron chi connectivity index (χ4n) is 2.33. The molecule has 5 nitrogen and oxygen atoms in total. The van der Waals surface area contributed by atoms with Gasteiger partial charge in [0.15, 0.2) is 0 Å². The molecule has 0 saturated carbocycles. The summed E-state index contributed by atoms with van der Waals surface area (Å²) in [4.78, 5) is 13.5. The lowest BCUT2D eigenvalue weighted by atomic mass is 10.0. The first-order valence-electron chi connectivity index (χ1n) is 6.31. The van der Waals surface area contributed by atoms with Crippen LogP contribution in [0.15, 0.2) is 23.1 Å². The molecule has 20 heavy (non-hydrogen) atoms. The third-order valence-electron chi connectivity index (χ3n) is 3.72. The summed E-state index contributed by atoms with van der Waals surface area (Å²) in [6.45, 7) is 5.25. The van der Waals surface area contributed by atoms with Crippen molar-refractivity contribution in [2.45, 2.75) is 18.7 Å². The lowest BCUT2D eigenvalue weighted by molar-refractivity contribution is 0.0784. The van der Waals surface area contributed by atoms with Gasteiger partial charge in [-0.05, 0) is 30.0 Å². The average molecular weight is 300 g/mol. The first-order chi connectivity index (χ1) is 9.18. The SMILES string of the molecule is CC1CN(C(=O)c2cc(F)cc(S(N)(=O)=O)c2)CC1C. The van der Waals surface area contributed by atoms with Gasteiger partial charge in [0.05, 0.1) is 4.90 Å². The smallest absolute Gasteiger partial charge is 0.254 e. The minimum Gasteiger partial charge on any atom is -0.338 e. The van der Waals surface area contributed by atoms with E-state index < -0.39 is 15.8 Å². The summed E-state index contributed by atoms with van der Waals surface area (Å²) in [5, 5.41) is 4.97. The van der Waals surface area contributed by atoms with Crippen molar-refractivity contribution in [3.8, 4) is 0 Å². The molecule has 1 heterocycles. The Morgan fingerprint density at radius 2 is 1.80 bits per heavy atom. The maximum Gasteiger partial charge on any atom is 0.254 e. The van der Waals surface area contributed by atoms with Gasteiger partial charge >= 0.3 is 0 Å². The second-order valence-electron chi connectivity index (χ2n) is 5.39. The number of likely N-dealkylation sites (tertiary alicyclic amines) is 1. The molecule has 1 aromatic carbocycles. The number of carbonyl (C=O) groups is 1. The predicted molar refractivity (Wildman–Crippen MR) is 72.0 cm³/mol. The van der Waals surface area contributed by atoms with Crippen LogP contribution in [0.2, 0.25) is 0 Å². The van der Waals surface area contributed by atoms with Crippen LogP contribution in [0.5, 0.6) is 0 Å². The minimum absolute atomic E-state index is 0.00956. The molecular formula is C13H17FN2O3S. The minimum atomic E-state index is -4.04. The van der Waals surface area contributed by atoms with Crippen LogP contribution in [-0.2, 0) is 10.0 Å². The number of rotatable bonds is 2.